The first-order valence-electron chi connectivity index (χ1n) is 10.7. The Hall–Kier alpha value is -3.63. The average molecular weight is 472 g/mol. The fraction of sp³-hybridized carbons (Fsp3) is 0.348. The summed E-state index contributed by atoms with van der Waals surface area (Å²) in [6.45, 7) is 2.38. The van der Waals surface area contributed by atoms with Gasteiger partial charge in [-0.25, -0.2) is 19.3 Å². The molecule has 0 aromatic carbocycles. The minimum atomic E-state index is -4.45. The lowest BCUT2D eigenvalue weighted by Gasteiger charge is -2.34. The molecule has 3 aromatic heterocycles. The first-order valence-corrected chi connectivity index (χ1v) is 10.7. The van der Waals surface area contributed by atoms with Crippen LogP contribution in [0.3, 0.4) is 0 Å². The molecule has 1 aliphatic heterocycles. The molecular weight excluding hydrogens is 452 g/mol. The summed E-state index contributed by atoms with van der Waals surface area (Å²) in [5.74, 6) is -0.0811. The standard InChI is InChI=1S/C23H20F4N6O/c1-12-4-16(20(29-7-12)21-30-9-15(24)10-31-21)22(34)33-11-13-5-17(18(33)6-13)32-19-3-2-14(8-28-19)23(25,26)27/h2-4,7-10,13,17-18H,5-6,11H2,1H3,(H,28,32)/t13-,17?,18?/m0/s1. The van der Waals surface area contributed by atoms with Crippen molar-refractivity contribution in [2.75, 3.05) is 11.9 Å². The highest BCUT2D eigenvalue weighted by atomic mass is 19.4. The summed E-state index contributed by atoms with van der Waals surface area (Å²) in [5.41, 5.74) is 0.560. The molecule has 1 saturated heterocycles. The zero-order chi connectivity index (χ0) is 24.0. The predicted octanol–water partition coefficient (Wildman–Crippen LogP) is 4.12. The fourth-order valence-electron chi connectivity index (χ4n) is 4.75. The molecule has 2 unspecified atom stereocenters. The van der Waals surface area contributed by atoms with Gasteiger partial charge in [0.25, 0.3) is 5.91 Å². The minimum absolute atomic E-state index is 0.143. The molecule has 7 nitrogen and oxygen atoms in total. The first kappa shape index (κ1) is 22.2. The maximum Gasteiger partial charge on any atom is 0.417 e. The van der Waals surface area contributed by atoms with Crippen LogP contribution in [0.15, 0.2) is 43.0 Å². The van der Waals surface area contributed by atoms with Gasteiger partial charge in [-0.2, -0.15) is 13.2 Å². The SMILES string of the molecule is Cc1cnc(-c2ncc(F)cn2)c(C(=O)N2C[C@H]3CC(Nc4ccc(C(F)(F)F)cn4)C2C3)c1. The van der Waals surface area contributed by atoms with Crippen molar-refractivity contribution in [3.05, 3.63) is 65.5 Å². The molecule has 2 bridgehead atoms. The predicted molar refractivity (Wildman–Crippen MR) is 114 cm³/mol. The van der Waals surface area contributed by atoms with E-state index in [4.69, 9.17) is 0 Å². The van der Waals surface area contributed by atoms with E-state index < -0.39 is 17.6 Å². The van der Waals surface area contributed by atoms with Crippen molar-refractivity contribution in [2.24, 2.45) is 5.92 Å². The van der Waals surface area contributed by atoms with Crippen LogP contribution in [0.2, 0.25) is 0 Å². The van der Waals surface area contributed by atoms with Crippen molar-refractivity contribution in [3.63, 3.8) is 0 Å². The Labute approximate surface area is 192 Å². The van der Waals surface area contributed by atoms with Gasteiger partial charge >= 0.3 is 6.18 Å². The summed E-state index contributed by atoms with van der Waals surface area (Å²) >= 11 is 0. The number of amides is 1. The van der Waals surface area contributed by atoms with Crippen molar-refractivity contribution in [1.82, 2.24) is 24.8 Å². The van der Waals surface area contributed by atoms with Crippen LogP contribution >= 0.6 is 0 Å². The van der Waals surface area contributed by atoms with E-state index in [1.807, 2.05) is 6.92 Å². The summed E-state index contributed by atoms with van der Waals surface area (Å²) in [4.78, 5) is 31.5. The quantitative estimate of drug-likeness (QED) is 0.576. The van der Waals surface area contributed by atoms with Crippen LogP contribution in [0.5, 0.6) is 0 Å². The molecule has 0 spiro atoms. The molecule has 1 saturated carbocycles. The molecule has 3 aromatic rings. The zero-order valence-corrected chi connectivity index (χ0v) is 18.1. The summed E-state index contributed by atoms with van der Waals surface area (Å²) < 4.78 is 51.7. The molecule has 5 rings (SSSR count). The second-order valence-corrected chi connectivity index (χ2v) is 8.68. The number of piperidine rings is 1. The van der Waals surface area contributed by atoms with E-state index in [1.165, 1.54) is 6.07 Å². The Morgan fingerprint density at radius 3 is 2.47 bits per heavy atom. The van der Waals surface area contributed by atoms with Gasteiger partial charge in [-0.1, -0.05) is 0 Å². The molecule has 1 aliphatic carbocycles. The third kappa shape index (κ3) is 4.17. The van der Waals surface area contributed by atoms with Crippen LogP contribution in [-0.2, 0) is 6.18 Å². The highest BCUT2D eigenvalue weighted by Gasteiger charge is 2.47. The molecule has 4 heterocycles. The molecule has 2 aliphatic rings. The first-order chi connectivity index (χ1) is 16.2. The molecule has 34 heavy (non-hydrogen) atoms. The van der Waals surface area contributed by atoms with Crippen LogP contribution in [0.1, 0.15) is 34.3 Å². The molecule has 3 atom stereocenters. The lowest BCUT2D eigenvalue weighted by Crippen LogP contribution is -2.48. The van der Waals surface area contributed by atoms with Crippen LogP contribution < -0.4 is 5.32 Å². The van der Waals surface area contributed by atoms with Crippen LogP contribution in [0.25, 0.3) is 11.5 Å². The maximum absolute atomic E-state index is 13.6. The topological polar surface area (TPSA) is 83.9 Å². The number of hydrogen-bond acceptors (Lipinski definition) is 6. The van der Waals surface area contributed by atoms with Crippen LogP contribution in [0.4, 0.5) is 23.4 Å². The smallest absolute Gasteiger partial charge is 0.365 e. The minimum Gasteiger partial charge on any atom is -0.365 e. The summed E-state index contributed by atoms with van der Waals surface area (Å²) in [6.07, 6.45) is 1.55. The Balaban J connectivity index is 1.38. The monoisotopic (exact) mass is 472 g/mol. The van der Waals surface area contributed by atoms with E-state index >= 15 is 0 Å². The molecule has 11 heteroatoms. The molecular formula is C23H20F4N6O. The van der Waals surface area contributed by atoms with Crippen molar-refractivity contribution < 1.29 is 22.4 Å². The number of likely N-dealkylation sites (tertiary alicyclic amines) is 1. The van der Waals surface area contributed by atoms with Crippen molar-refractivity contribution in [2.45, 2.75) is 38.0 Å². The summed E-state index contributed by atoms with van der Waals surface area (Å²) in [7, 11) is 0. The number of nitrogens with zero attached hydrogens (tertiary/aromatic N) is 5. The number of rotatable bonds is 4. The maximum atomic E-state index is 13.6. The number of nitrogens with one attached hydrogen (secondary N) is 1. The van der Waals surface area contributed by atoms with Gasteiger partial charge in [0.15, 0.2) is 11.6 Å². The number of aryl methyl sites for hydroxylation is 1. The van der Waals surface area contributed by atoms with Gasteiger partial charge in [-0.05, 0) is 49.4 Å². The van der Waals surface area contributed by atoms with Gasteiger partial charge in [-0.15, -0.1) is 0 Å². The number of halogens is 4. The highest BCUT2D eigenvalue weighted by Crippen LogP contribution is 2.40. The number of anilines is 1. The summed E-state index contributed by atoms with van der Waals surface area (Å²) in [6, 6.07) is 3.71. The zero-order valence-electron chi connectivity index (χ0n) is 18.1. The van der Waals surface area contributed by atoms with E-state index in [-0.39, 0.29) is 35.4 Å². The molecule has 1 N–H and O–H groups in total. The highest BCUT2D eigenvalue weighted by molar-refractivity contribution is 5.99. The van der Waals surface area contributed by atoms with E-state index in [0.29, 0.717) is 17.9 Å². The Morgan fingerprint density at radius 1 is 1.06 bits per heavy atom. The normalized spacial score (nSPS) is 21.7. The van der Waals surface area contributed by atoms with Gasteiger partial charge in [0.05, 0.1) is 29.6 Å². The van der Waals surface area contributed by atoms with Crippen LogP contribution in [-0.4, -0.2) is 49.4 Å². The van der Waals surface area contributed by atoms with Crippen molar-refractivity contribution >= 4 is 11.7 Å². The van der Waals surface area contributed by atoms with E-state index in [1.54, 1.807) is 17.2 Å². The van der Waals surface area contributed by atoms with E-state index in [2.05, 4.69) is 25.3 Å². The lowest BCUT2D eigenvalue weighted by molar-refractivity contribution is -0.137. The van der Waals surface area contributed by atoms with Gasteiger partial charge < -0.3 is 10.2 Å². The number of carbonyl (C=O) groups excluding carboxylic acids is 1. The number of aromatic nitrogens is 4. The fourth-order valence-corrected chi connectivity index (χ4v) is 4.75. The van der Waals surface area contributed by atoms with Crippen LogP contribution in [0, 0.1) is 18.7 Å². The molecule has 2 fully saturated rings. The molecule has 1 amide bonds. The van der Waals surface area contributed by atoms with Crippen molar-refractivity contribution in [3.8, 4) is 11.5 Å². The number of fused-ring (bicyclic) bond motifs is 2. The Morgan fingerprint density at radius 2 is 1.82 bits per heavy atom. The number of pyridine rings is 2. The second-order valence-electron chi connectivity index (χ2n) is 8.68. The van der Waals surface area contributed by atoms with E-state index in [9.17, 15) is 22.4 Å². The Bertz CT molecular complexity index is 1220. The third-order valence-electron chi connectivity index (χ3n) is 6.25. The Kier molecular flexibility index (Phi) is 5.41. The third-order valence-corrected chi connectivity index (χ3v) is 6.25. The number of alkyl halides is 3. The van der Waals surface area contributed by atoms with Gasteiger partial charge in [0, 0.05) is 25.0 Å². The summed E-state index contributed by atoms with van der Waals surface area (Å²) in [5, 5.41) is 3.20. The lowest BCUT2D eigenvalue weighted by atomic mass is 10.0. The molecule has 0 radical (unpaired) electrons. The number of hydrogen-bond donors (Lipinski definition) is 1. The van der Waals surface area contributed by atoms with Gasteiger partial charge in [0.1, 0.15) is 11.5 Å². The second kappa shape index (κ2) is 8.30. The van der Waals surface area contributed by atoms with Gasteiger partial charge in [-0.3, -0.25) is 9.78 Å². The van der Waals surface area contributed by atoms with Crippen molar-refractivity contribution in [1.29, 1.82) is 0 Å². The molecule has 176 valence electrons. The van der Waals surface area contributed by atoms with E-state index in [0.717, 1.165) is 43.1 Å². The number of carbonyl (C=O) groups is 1. The average Bonchev–Trinajstić information content (AvgIpc) is 3.40. The largest absolute Gasteiger partial charge is 0.417 e. The van der Waals surface area contributed by atoms with Gasteiger partial charge in [0.2, 0.25) is 0 Å².